The first-order valence-corrected chi connectivity index (χ1v) is 7.96. The molecule has 1 atom stereocenters. The van der Waals surface area contributed by atoms with Crippen molar-refractivity contribution in [1.82, 2.24) is 0 Å². The number of hydrogen-bond acceptors (Lipinski definition) is 2. The van der Waals surface area contributed by atoms with E-state index in [1.165, 1.54) is 13.2 Å². The molecular formula is C18H21ClFN2O2+. The second-order valence-corrected chi connectivity index (χ2v) is 6.22. The van der Waals surface area contributed by atoms with Gasteiger partial charge in [-0.1, -0.05) is 11.6 Å². The number of anilines is 1. The molecule has 0 aliphatic heterocycles. The van der Waals surface area contributed by atoms with Crippen molar-refractivity contribution in [2.24, 2.45) is 0 Å². The van der Waals surface area contributed by atoms with Crippen molar-refractivity contribution in [3.05, 3.63) is 58.4 Å². The number of hydrogen-bond donors (Lipinski definition) is 2. The number of carbonyl (C=O) groups excluding carboxylic acids is 1. The molecule has 0 bridgehead atoms. The van der Waals surface area contributed by atoms with Gasteiger partial charge in [-0.15, -0.1) is 0 Å². The molecule has 0 saturated heterocycles. The van der Waals surface area contributed by atoms with E-state index in [-0.39, 0.29) is 18.2 Å². The molecule has 1 amide bonds. The Labute approximate surface area is 146 Å². The first-order chi connectivity index (χ1) is 11.4. The lowest BCUT2D eigenvalue weighted by molar-refractivity contribution is -0.885. The third kappa shape index (κ3) is 4.94. The average molecular weight is 352 g/mol. The van der Waals surface area contributed by atoms with Gasteiger partial charge in [-0.25, -0.2) is 4.39 Å². The Balaban J connectivity index is 1.92. The van der Waals surface area contributed by atoms with Crippen LogP contribution in [-0.4, -0.2) is 26.6 Å². The van der Waals surface area contributed by atoms with Crippen LogP contribution in [0.3, 0.4) is 0 Å². The first-order valence-electron chi connectivity index (χ1n) is 7.58. The van der Waals surface area contributed by atoms with Crippen LogP contribution in [0.5, 0.6) is 5.75 Å². The number of nitrogens with one attached hydrogen (secondary N) is 2. The monoisotopic (exact) mass is 351 g/mol. The van der Waals surface area contributed by atoms with Gasteiger partial charge in [0.2, 0.25) is 0 Å². The fourth-order valence-corrected chi connectivity index (χ4v) is 2.69. The SMILES string of the molecule is COc1ccc(C[NH+](C)CC(=O)Nc2ccc(Cl)cc2C)cc1F. The molecule has 0 fully saturated rings. The van der Waals surface area contributed by atoms with E-state index in [4.69, 9.17) is 16.3 Å². The largest absolute Gasteiger partial charge is 0.494 e. The normalized spacial score (nSPS) is 11.9. The van der Waals surface area contributed by atoms with Crippen LogP contribution >= 0.6 is 11.6 Å². The maximum atomic E-state index is 13.7. The second kappa shape index (κ2) is 8.13. The highest BCUT2D eigenvalue weighted by Crippen LogP contribution is 2.19. The molecule has 0 spiro atoms. The van der Waals surface area contributed by atoms with E-state index in [1.807, 2.05) is 14.0 Å². The Morgan fingerprint density at radius 2 is 2.04 bits per heavy atom. The van der Waals surface area contributed by atoms with E-state index < -0.39 is 5.82 Å². The zero-order valence-corrected chi connectivity index (χ0v) is 14.7. The minimum atomic E-state index is -0.399. The Morgan fingerprint density at radius 1 is 1.29 bits per heavy atom. The molecule has 24 heavy (non-hydrogen) atoms. The number of ether oxygens (including phenoxy) is 1. The van der Waals surface area contributed by atoms with E-state index >= 15 is 0 Å². The second-order valence-electron chi connectivity index (χ2n) is 5.79. The fourth-order valence-electron chi connectivity index (χ4n) is 2.47. The lowest BCUT2D eigenvalue weighted by atomic mass is 10.2. The lowest BCUT2D eigenvalue weighted by Crippen LogP contribution is -3.08. The number of methoxy groups -OCH3 is 1. The number of benzene rings is 2. The van der Waals surface area contributed by atoms with E-state index in [9.17, 15) is 9.18 Å². The van der Waals surface area contributed by atoms with Gasteiger partial charge in [-0.2, -0.15) is 0 Å². The van der Waals surface area contributed by atoms with Gasteiger partial charge in [-0.3, -0.25) is 4.79 Å². The maximum Gasteiger partial charge on any atom is 0.279 e. The molecule has 0 heterocycles. The van der Waals surface area contributed by atoms with Crippen molar-refractivity contribution in [3.8, 4) is 5.75 Å². The smallest absolute Gasteiger partial charge is 0.279 e. The molecule has 128 valence electrons. The van der Waals surface area contributed by atoms with Crippen molar-refractivity contribution < 1.29 is 18.8 Å². The zero-order valence-electron chi connectivity index (χ0n) is 14.0. The number of halogens is 2. The number of aryl methyl sites for hydroxylation is 1. The van der Waals surface area contributed by atoms with Crippen molar-refractivity contribution in [2.45, 2.75) is 13.5 Å². The summed E-state index contributed by atoms with van der Waals surface area (Å²) in [6, 6.07) is 10.1. The molecule has 0 saturated carbocycles. The zero-order chi connectivity index (χ0) is 17.7. The molecule has 0 aliphatic rings. The molecule has 0 aliphatic carbocycles. The van der Waals surface area contributed by atoms with Gasteiger partial charge in [0.25, 0.3) is 5.91 Å². The first kappa shape index (κ1) is 18.2. The van der Waals surface area contributed by atoms with Gasteiger partial charge in [0.1, 0.15) is 6.54 Å². The van der Waals surface area contributed by atoms with Crippen LogP contribution in [0.1, 0.15) is 11.1 Å². The summed E-state index contributed by atoms with van der Waals surface area (Å²) in [6.07, 6.45) is 0. The van der Waals surface area contributed by atoms with Crippen LogP contribution in [0.4, 0.5) is 10.1 Å². The van der Waals surface area contributed by atoms with Gasteiger partial charge in [0, 0.05) is 16.3 Å². The summed E-state index contributed by atoms with van der Waals surface area (Å²) in [5.74, 6) is -0.289. The Bertz CT molecular complexity index is 737. The third-order valence-electron chi connectivity index (χ3n) is 3.65. The lowest BCUT2D eigenvalue weighted by Gasteiger charge is -2.15. The van der Waals surface area contributed by atoms with Crippen LogP contribution < -0.4 is 15.0 Å². The third-order valence-corrected chi connectivity index (χ3v) is 3.88. The highest BCUT2D eigenvalue weighted by Gasteiger charge is 2.13. The molecule has 2 aromatic carbocycles. The number of carbonyl (C=O) groups is 1. The van der Waals surface area contributed by atoms with Crippen LogP contribution in [0.15, 0.2) is 36.4 Å². The molecule has 0 aromatic heterocycles. The number of rotatable bonds is 6. The van der Waals surface area contributed by atoms with Gasteiger partial charge in [-0.05, 0) is 48.9 Å². The van der Waals surface area contributed by atoms with Crippen molar-refractivity contribution >= 4 is 23.2 Å². The molecule has 2 aromatic rings. The van der Waals surface area contributed by atoms with Crippen LogP contribution in [0.25, 0.3) is 0 Å². The standard InChI is InChI=1S/C18H20ClFN2O2/c1-12-8-14(19)5-6-16(12)21-18(23)11-22(2)10-13-4-7-17(24-3)15(20)9-13/h4-9H,10-11H2,1-3H3,(H,21,23)/p+1. The fraction of sp³-hybridized carbons (Fsp3) is 0.278. The summed E-state index contributed by atoms with van der Waals surface area (Å²) in [7, 11) is 3.31. The van der Waals surface area contributed by atoms with Crippen molar-refractivity contribution in [3.63, 3.8) is 0 Å². The minimum absolute atomic E-state index is 0.105. The molecule has 2 N–H and O–H groups in total. The summed E-state index contributed by atoms with van der Waals surface area (Å²) in [4.78, 5) is 13.1. The van der Waals surface area contributed by atoms with Crippen molar-refractivity contribution in [2.75, 3.05) is 26.0 Å². The predicted octanol–water partition coefficient (Wildman–Crippen LogP) is 2.45. The van der Waals surface area contributed by atoms with E-state index in [2.05, 4.69) is 5.32 Å². The molecule has 4 nitrogen and oxygen atoms in total. The molecular weight excluding hydrogens is 331 g/mol. The minimum Gasteiger partial charge on any atom is -0.494 e. The van der Waals surface area contributed by atoms with Crippen molar-refractivity contribution in [1.29, 1.82) is 0 Å². The van der Waals surface area contributed by atoms with E-state index in [0.717, 1.165) is 21.7 Å². The van der Waals surface area contributed by atoms with Gasteiger partial charge in [0.15, 0.2) is 18.1 Å². The Morgan fingerprint density at radius 3 is 2.67 bits per heavy atom. The van der Waals surface area contributed by atoms with Crippen LogP contribution in [-0.2, 0) is 11.3 Å². The van der Waals surface area contributed by atoms with Gasteiger partial charge >= 0.3 is 0 Å². The molecule has 1 unspecified atom stereocenters. The predicted molar refractivity (Wildman–Crippen MR) is 93.2 cm³/mol. The van der Waals surface area contributed by atoms with Gasteiger partial charge in [0.05, 0.1) is 14.2 Å². The highest BCUT2D eigenvalue weighted by molar-refractivity contribution is 6.30. The maximum absolute atomic E-state index is 13.7. The quantitative estimate of drug-likeness (QED) is 0.839. The molecule has 6 heteroatoms. The van der Waals surface area contributed by atoms with E-state index in [1.54, 1.807) is 30.3 Å². The van der Waals surface area contributed by atoms with E-state index in [0.29, 0.717) is 11.6 Å². The number of quaternary nitrogens is 1. The van der Waals surface area contributed by atoms with Crippen LogP contribution in [0, 0.1) is 12.7 Å². The summed E-state index contributed by atoms with van der Waals surface area (Å²) in [5, 5.41) is 3.51. The van der Waals surface area contributed by atoms with Gasteiger partial charge < -0.3 is 15.0 Å². The van der Waals surface area contributed by atoms with Crippen LogP contribution in [0.2, 0.25) is 5.02 Å². The average Bonchev–Trinajstić information content (AvgIpc) is 2.50. The topological polar surface area (TPSA) is 42.8 Å². The highest BCUT2D eigenvalue weighted by atomic mass is 35.5. The number of likely N-dealkylation sites (N-methyl/N-ethyl adjacent to an activating group) is 1. The summed E-state index contributed by atoms with van der Waals surface area (Å²) >= 11 is 5.91. The summed E-state index contributed by atoms with van der Waals surface area (Å²) in [6.45, 7) is 2.70. The molecule has 2 rings (SSSR count). The Kier molecular flexibility index (Phi) is 6.17. The summed E-state index contributed by atoms with van der Waals surface area (Å²) in [5.41, 5.74) is 2.46. The Hall–Kier alpha value is -2.11. The summed E-state index contributed by atoms with van der Waals surface area (Å²) < 4.78 is 18.6. The molecule has 0 radical (unpaired) electrons. The number of amides is 1.